The maximum atomic E-state index is 13.4. The van der Waals surface area contributed by atoms with Gasteiger partial charge < -0.3 is 20.3 Å². The molecular weight excluding hydrogens is 473 g/mol. The number of ether oxygens (including phenoxy) is 1. The number of morpholine rings is 1. The van der Waals surface area contributed by atoms with Crippen LogP contribution in [0.1, 0.15) is 15.9 Å². The minimum atomic E-state index is -0.382. The van der Waals surface area contributed by atoms with Crippen LogP contribution in [0.2, 0.25) is 0 Å². The molecule has 1 aliphatic rings. The Balaban J connectivity index is 1.21. The maximum Gasteiger partial charge on any atom is 0.255 e. The number of aromatic nitrogens is 2. The summed E-state index contributed by atoms with van der Waals surface area (Å²) in [6.45, 7) is 3.14. The third-order valence-corrected chi connectivity index (χ3v) is 5.99. The van der Waals surface area contributed by atoms with Gasteiger partial charge in [-0.25, -0.2) is 9.07 Å². The summed E-state index contributed by atoms with van der Waals surface area (Å²) in [6.07, 6.45) is 3.23. The molecule has 5 rings (SSSR count). The Morgan fingerprint density at radius 2 is 1.68 bits per heavy atom. The number of benzene rings is 3. The molecule has 37 heavy (non-hydrogen) atoms. The number of carbonyl (C=O) groups is 2. The van der Waals surface area contributed by atoms with Crippen molar-refractivity contribution in [3.63, 3.8) is 0 Å². The van der Waals surface area contributed by atoms with Crippen LogP contribution in [0.25, 0.3) is 5.69 Å². The molecule has 0 saturated carbocycles. The van der Waals surface area contributed by atoms with Gasteiger partial charge in [0, 0.05) is 30.0 Å². The van der Waals surface area contributed by atoms with Gasteiger partial charge in [0.25, 0.3) is 5.91 Å². The average molecular weight is 500 g/mol. The van der Waals surface area contributed by atoms with Crippen molar-refractivity contribution in [1.29, 1.82) is 0 Å². The Kier molecular flexibility index (Phi) is 7.23. The first-order valence-electron chi connectivity index (χ1n) is 12.0. The molecule has 1 fully saturated rings. The number of hydrogen-bond donors (Lipinski definition) is 2. The van der Waals surface area contributed by atoms with Gasteiger partial charge in [0.1, 0.15) is 5.82 Å². The zero-order chi connectivity index (χ0) is 25.6. The van der Waals surface area contributed by atoms with E-state index in [1.165, 1.54) is 18.3 Å². The Hall–Kier alpha value is -4.50. The first-order valence-corrected chi connectivity index (χ1v) is 12.0. The first-order chi connectivity index (χ1) is 18.0. The van der Waals surface area contributed by atoms with E-state index in [2.05, 4.69) is 20.6 Å². The van der Waals surface area contributed by atoms with Gasteiger partial charge in [0.15, 0.2) is 0 Å². The summed E-state index contributed by atoms with van der Waals surface area (Å²) in [5, 5.41) is 9.99. The van der Waals surface area contributed by atoms with E-state index >= 15 is 0 Å². The molecule has 2 heterocycles. The Bertz CT molecular complexity index is 1400. The smallest absolute Gasteiger partial charge is 0.255 e. The van der Waals surface area contributed by atoms with Crippen LogP contribution in [-0.4, -0.2) is 47.9 Å². The van der Waals surface area contributed by atoms with Crippen LogP contribution in [0.3, 0.4) is 0 Å². The quantitative estimate of drug-likeness (QED) is 0.396. The van der Waals surface area contributed by atoms with E-state index in [9.17, 15) is 14.0 Å². The Morgan fingerprint density at radius 3 is 2.46 bits per heavy atom. The molecule has 0 radical (unpaired) electrons. The number of halogens is 1. The Labute approximate surface area is 213 Å². The van der Waals surface area contributed by atoms with Gasteiger partial charge >= 0.3 is 0 Å². The van der Waals surface area contributed by atoms with Crippen molar-refractivity contribution in [1.82, 2.24) is 9.78 Å². The zero-order valence-electron chi connectivity index (χ0n) is 20.1. The highest BCUT2D eigenvalue weighted by Crippen LogP contribution is 2.20. The summed E-state index contributed by atoms with van der Waals surface area (Å²) in [5.74, 6) is -0.901. The van der Waals surface area contributed by atoms with Crippen LogP contribution in [-0.2, 0) is 16.0 Å². The molecule has 188 valence electrons. The molecule has 1 saturated heterocycles. The molecule has 1 aromatic heterocycles. The van der Waals surface area contributed by atoms with Gasteiger partial charge in [0.2, 0.25) is 5.91 Å². The number of hydrogen-bond acceptors (Lipinski definition) is 5. The maximum absolute atomic E-state index is 13.4. The van der Waals surface area contributed by atoms with Crippen LogP contribution < -0.4 is 15.5 Å². The predicted octanol–water partition coefficient (Wildman–Crippen LogP) is 4.28. The summed E-state index contributed by atoms with van der Waals surface area (Å²) in [5.41, 5.74) is 4.02. The fourth-order valence-electron chi connectivity index (χ4n) is 4.14. The molecule has 0 bridgehead atoms. The minimum Gasteiger partial charge on any atom is -0.378 e. The van der Waals surface area contributed by atoms with E-state index in [-0.39, 0.29) is 24.1 Å². The Morgan fingerprint density at radius 1 is 0.892 bits per heavy atom. The van der Waals surface area contributed by atoms with Gasteiger partial charge in [-0.1, -0.05) is 18.2 Å². The lowest BCUT2D eigenvalue weighted by atomic mass is 10.1. The van der Waals surface area contributed by atoms with Crippen LogP contribution in [0.15, 0.2) is 85.2 Å². The third-order valence-electron chi connectivity index (χ3n) is 5.99. The highest BCUT2D eigenvalue weighted by Gasteiger charge is 2.13. The molecule has 3 aromatic carbocycles. The summed E-state index contributed by atoms with van der Waals surface area (Å²) >= 11 is 0. The number of carbonyl (C=O) groups excluding carboxylic acids is 2. The molecule has 8 nitrogen and oxygen atoms in total. The van der Waals surface area contributed by atoms with Crippen LogP contribution in [0.5, 0.6) is 0 Å². The highest BCUT2D eigenvalue weighted by atomic mass is 19.1. The van der Waals surface area contributed by atoms with Crippen molar-refractivity contribution >= 4 is 28.9 Å². The number of nitrogens with one attached hydrogen (secondary N) is 2. The summed E-state index contributed by atoms with van der Waals surface area (Å²) in [7, 11) is 0. The molecule has 0 atom stereocenters. The SMILES string of the molecule is O=C(Cc1cccc(F)c1)Nc1cnn(-c2cccc(C(=O)Nc3ccc(N4CCOCC4)cc3)c2)c1. The fourth-order valence-corrected chi connectivity index (χ4v) is 4.14. The van der Waals surface area contributed by atoms with Gasteiger partial charge in [0.05, 0.1) is 43.4 Å². The van der Waals surface area contributed by atoms with E-state index in [0.717, 1.165) is 18.8 Å². The lowest BCUT2D eigenvalue weighted by Crippen LogP contribution is -2.36. The predicted molar refractivity (Wildman–Crippen MR) is 140 cm³/mol. The van der Waals surface area contributed by atoms with Crippen molar-refractivity contribution < 1.29 is 18.7 Å². The molecule has 0 unspecified atom stereocenters. The number of amides is 2. The van der Waals surface area contributed by atoms with Crippen LogP contribution >= 0.6 is 0 Å². The summed E-state index contributed by atoms with van der Waals surface area (Å²) in [6, 6.07) is 20.7. The second-order valence-electron chi connectivity index (χ2n) is 8.68. The van der Waals surface area contributed by atoms with E-state index in [1.54, 1.807) is 41.2 Å². The van der Waals surface area contributed by atoms with E-state index in [0.29, 0.717) is 41.4 Å². The molecule has 9 heteroatoms. The number of nitrogens with zero attached hydrogens (tertiary/aromatic N) is 3. The summed E-state index contributed by atoms with van der Waals surface area (Å²) in [4.78, 5) is 27.5. The topological polar surface area (TPSA) is 88.5 Å². The van der Waals surface area contributed by atoms with Crippen molar-refractivity contribution in [3.05, 3.63) is 102 Å². The molecule has 0 aliphatic carbocycles. The van der Waals surface area contributed by atoms with Gasteiger partial charge in [-0.3, -0.25) is 9.59 Å². The first kappa shape index (κ1) is 24.2. The second-order valence-corrected chi connectivity index (χ2v) is 8.68. The monoisotopic (exact) mass is 499 g/mol. The van der Waals surface area contributed by atoms with E-state index < -0.39 is 0 Å². The van der Waals surface area contributed by atoms with Crippen LogP contribution in [0.4, 0.5) is 21.5 Å². The van der Waals surface area contributed by atoms with Gasteiger partial charge in [-0.15, -0.1) is 0 Å². The van der Waals surface area contributed by atoms with Crippen LogP contribution in [0, 0.1) is 5.82 Å². The molecule has 2 amide bonds. The van der Waals surface area contributed by atoms with Crippen molar-refractivity contribution in [3.8, 4) is 5.69 Å². The van der Waals surface area contributed by atoms with Gasteiger partial charge in [-0.2, -0.15) is 5.10 Å². The average Bonchev–Trinajstić information content (AvgIpc) is 3.38. The largest absolute Gasteiger partial charge is 0.378 e. The lowest BCUT2D eigenvalue weighted by Gasteiger charge is -2.28. The molecule has 0 spiro atoms. The molecule has 2 N–H and O–H groups in total. The number of rotatable bonds is 7. The second kappa shape index (κ2) is 11.0. The molecule has 1 aliphatic heterocycles. The molecule has 4 aromatic rings. The number of anilines is 3. The van der Waals surface area contributed by atoms with E-state index in [4.69, 9.17) is 4.74 Å². The van der Waals surface area contributed by atoms with Crippen molar-refractivity contribution in [2.45, 2.75) is 6.42 Å². The standard InChI is InChI=1S/C28H26FN5O3/c29-22-5-1-3-20(15-22)16-27(35)31-24-18-30-34(19-24)26-6-2-4-21(17-26)28(36)32-23-7-9-25(10-8-23)33-11-13-37-14-12-33/h1-10,15,17-19H,11-14,16H2,(H,31,35)(H,32,36). The third kappa shape index (κ3) is 6.20. The van der Waals surface area contributed by atoms with E-state index in [1.807, 2.05) is 30.3 Å². The van der Waals surface area contributed by atoms with Crippen molar-refractivity contribution in [2.75, 3.05) is 41.8 Å². The fraction of sp³-hybridized carbons (Fsp3) is 0.179. The van der Waals surface area contributed by atoms with Gasteiger partial charge in [-0.05, 0) is 60.2 Å². The highest BCUT2D eigenvalue weighted by molar-refractivity contribution is 6.04. The zero-order valence-corrected chi connectivity index (χ0v) is 20.1. The normalized spacial score (nSPS) is 13.3. The van der Waals surface area contributed by atoms with Crippen molar-refractivity contribution in [2.24, 2.45) is 0 Å². The molecular formula is C28H26FN5O3. The summed E-state index contributed by atoms with van der Waals surface area (Å²) < 4.78 is 20.3. The lowest BCUT2D eigenvalue weighted by molar-refractivity contribution is -0.115. The minimum absolute atomic E-state index is 0.0476.